The number of sulfone groups is 1. The third-order valence-corrected chi connectivity index (χ3v) is 4.39. The van der Waals surface area contributed by atoms with Gasteiger partial charge in [0.05, 0.1) is 10.7 Å². The van der Waals surface area contributed by atoms with E-state index in [0.29, 0.717) is 4.90 Å². The molecule has 0 saturated carbocycles. The fourth-order valence-corrected chi connectivity index (χ4v) is 2.78. The maximum Gasteiger partial charge on any atom is 0.175 e. The standard InChI is InChI=1S/C12H17N3O2S/c1-18(16,17)11-4-2-10(3-5-11)15-7-6-9(8-15)12(13)14/h2-5,9H,6-8H2,1H3,(H3,13,14). The van der Waals surface area contributed by atoms with Crippen LogP contribution in [0, 0.1) is 11.3 Å². The quantitative estimate of drug-likeness (QED) is 0.628. The number of amidine groups is 1. The molecule has 0 spiro atoms. The molecule has 0 radical (unpaired) electrons. The van der Waals surface area contributed by atoms with Crippen LogP contribution in [0.3, 0.4) is 0 Å². The van der Waals surface area contributed by atoms with Gasteiger partial charge in [-0.1, -0.05) is 0 Å². The summed E-state index contributed by atoms with van der Waals surface area (Å²) in [6.07, 6.45) is 2.08. The van der Waals surface area contributed by atoms with Crippen molar-refractivity contribution in [2.75, 3.05) is 24.2 Å². The van der Waals surface area contributed by atoms with Crippen LogP contribution in [0.5, 0.6) is 0 Å². The van der Waals surface area contributed by atoms with Crippen LogP contribution in [-0.2, 0) is 9.84 Å². The molecule has 2 rings (SSSR count). The van der Waals surface area contributed by atoms with Crippen LogP contribution in [0.2, 0.25) is 0 Å². The van der Waals surface area contributed by atoms with Gasteiger partial charge in [-0.05, 0) is 30.7 Å². The second-order valence-electron chi connectivity index (χ2n) is 4.65. The third-order valence-electron chi connectivity index (χ3n) is 3.26. The van der Waals surface area contributed by atoms with Gasteiger partial charge in [0.15, 0.2) is 9.84 Å². The Morgan fingerprint density at radius 2 is 2.00 bits per heavy atom. The predicted molar refractivity (Wildman–Crippen MR) is 71.8 cm³/mol. The molecule has 98 valence electrons. The second kappa shape index (κ2) is 4.61. The molecule has 0 amide bonds. The van der Waals surface area contributed by atoms with Crippen molar-refractivity contribution in [1.82, 2.24) is 0 Å². The van der Waals surface area contributed by atoms with E-state index in [4.69, 9.17) is 11.1 Å². The molecule has 6 heteroatoms. The van der Waals surface area contributed by atoms with Crippen molar-refractivity contribution >= 4 is 21.4 Å². The molecule has 0 aliphatic carbocycles. The van der Waals surface area contributed by atoms with Crippen LogP contribution in [0.4, 0.5) is 5.69 Å². The third kappa shape index (κ3) is 2.64. The minimum atomic E-state index is -3.14. The van der Waals surface area contributed by atoms with Crippen molar-refractivity contribution in [2.24, 2.45) is 11.7 Å². The molecule has 1 fully saturated rings. The monoisotopic (exact) mass is 267 g/mol. The molecule has 1 saturated heterocycles. The van der Waals surface area contributed by atoms with E-state index in [1.165, 1.54) is 6.26 Å². The number of rotatable bonds is 3. The van der Waals surface area contributed by atoms with Gasteiger partial charge in [-0.3, -0.25) is 5.41 Å². The van der Waals surface area contributed by atoms with E-state index < -0.39 is 9.84 Å². The van der Waals surface area contributed by atoms with Gasteiger partial charge >= 0.3 is 0 Å². The molecule has 0 bridgehead atoms. The van der Waals surface area contributed by atoms with Crippen molar-refractivity contribution < 1.29 is 8.42 Å². The maximum atomic E-state index is 11.3. The Kier molecular flexibility index (Phi) is 3.30. The fourth-order valence-electron chi connectivity index (χ4n) is 2.15. The molecule has 3 N–H and O–H groups in total. The van der Waals surface area contributed by atoms with Crippen LogP contribution in [0.1, 0.15) is 6.42 Å². The number of nitrogens with zero attached hydrogens (tertiary/aromatic N) is 1. The Morgan fingerprint density at radius 1 is 1.39 bits per heavy atom. The van der Waals surface area contributed by atoms with E-state index in [1.54, 1.807) is 24.3 Å². The van der Waals surface area contributed by atoms with E-state index in [-0.39, 0.29) is 11.8 Å². The van der Waals surface area contributed by atoms with E-state index in [0.717, 1.165) is 25.2 Å². The lowest BCUT2D eigenvalue weighted by Gasteiger charge is -2.18. The number of anilines is 1. The van der Waals surface area contributed by atoms with E-state index in [2.05, 4.69) is 4.90 Å². The molecule has 0 aromatic heterocycles. The number of hydrogen-bond donors (Lipinski definition) is 2. The highest BCUT2D eigenvalue weighted by Gasteiger charge is 2.24. The molecule has 1 unspecified atom stereocenters. The van der Waals surface area contributed by atoms with Gasteiger partial charge in [-0.2, -0.15) is 0 Å². The molecule has 5 nitrogen and oxygen atoms in total. The molecule has 1 atom stereocenters. The number of hydrogen-bond acceptors (Lipinski definition) is 4. The van der Waals surface area contributed by atoms with E-state index >= 15 is 0 Å². The summed E-state index contributed by atoms with van der Waals surface area (Å²) >= 11 is 0. The highest BCUT2D eigenvalue weighted by molar-refractivity contribution is 7.90. The lowest BCUT2D eigenvalue weighted by Crippen LogP contribution is -2.26. The van der Waals surface area contributed by atoms with Crippen molar-refractivity contribution in [3.05, 3.63) is 24.3 Å². The van der Waals surface area contributed by atoms with Crippen LogP contribution in [0.15, 0.2) is 29.2 Å². The Hall–Kier alpha value is -1.56. The van der Waals surface area contributed by atoms with E-state index in [9.17, 15) is 8.42 Å². The van der Waals surface area contributed by atoms with Gasteiger partial charge < -0.3 is 10.6 Å². The summed E-state index contributed by atoms with van der Waals surface area (Å²) in [6.45, 7) is 1.58. The summed E-state index contributed by atoms with van der Waals surface area (Å²) in [5.74, 6) is 0.338. The molecule has 1 aromatic rings. The molecule has 1 aliphatic heterocycles. The fraction of sp³-hybridized carbons (Fsp3) is 0.417. The smallest absolute Gasteiger partial charge is 0.175 e. The van der Waals surface area contributed by atoms with Gasteiger partial charge in [0.1, 0.15) is 0 Å². The van der Waals surface area contributed by atoms with Gasteiger partial charge in [-0.15, -0.1) is 0 Å². The lowest BCUT2D eigenvalue weighted by atomic mass is 10.1. The first-order valence-corrected chi connectivity index (χ1v) is 7.66. The van der Waals surface area contributed by atoms with Gasteiger partial charge in [0, 0.05) is 31.0 Å². The van der Waals surface area contributed by atoms with Gasteiger partial charge in [0.25, 0.3) is 0 Å². The Morgan fingerprint density at radius 3 is 2.44 bits per heavy atom. The molecule has 1 aliphatic rings. The minimum Gasteiger partial charge on any atom is -0.387 e. The Labute approximate surface area is 107 Å². The number of nitrogens with two attached hydrogens (primary N) is 1. The Balaban J connectivity index is 2.14. The summed E-state index contributed by atoms with van der Waals surface area (Å²) in [4.78, 5) is 2.45. The summed E-state index contributed by atoms with van der Waals surface area (Å²) < 4.78 is 22.7. The summed E-state index contributed by atoms with van der Waals surface area (Å²) in [7, 11) is -3.14. The van der Waals surface area contributed by atoms with Gasteiger partial charge in [-0.25, -0.2) is 8.42 Å². The average molecular weight is 267 g/mol. The largest absolute Gasteiger partial charge is 0.387 e. The van der Waals surface area contributed by atoms with Crippen LogP contribution >= 0.6 is 0 Å². The highest BCUT2D eigenvalue weighted by atomic mass is 32.2. The Bertz CT molecular complexity index is 551. The average Bonchev–Trinajstić information content (AvgIpc) is 2.77. The van der Waals surface area contributed by atoms with Crippen molar-refractivity contribution in [1.29, 1.82) is 5.41 Å². The van der Waals surface area contributed by atoms with Crippen LogP contribution < -0.4 is 10.6 Å². The number of nitrogens with one attached hydrogen (secondary N) is 1. The first kappa shape index (κ1) is 12.9. The normalized spacial score (nSPS) is 20.1. The topological polar surface area (TPSA) is 87.2 Å². The van der Waals surface area contributed by atoms with Crippen molar-refractivity contribution in [3.63, 3.8) is 0 Å². The first-order chi connectivity index (χ1) is 8.38. The summed E-state index contributed by atoms with van der Waals surface area (Å²) in [5, 5.41) is 7.43. The zero-order chi connectivity index (χ0) is 13.3. The number of benzene rings is 1. The lowest BCUT2D eigenvalue weighted by molar-refractivity contribution is 0.602. The first-order valence-electron chi connectivity index (χ1n) is 5.77. The maximum absolute atomic E-state index is 11.3. The predicted octanol–water partition coefficient (Wildman–Crippen LogP) is 0.852. The molecule has 1 aromatic carbocycles. The SMILES string of the molecule is CS(=O)(=O)c1ccc(N2CCC(C(=N)N)C2)cc1. The molecule has 1 heterocycles. The molecular weight excluding hydrogens is 250 g/mol. The summed E-state index contributed by atoms with van der Waals surface area (Å²) in [5.41, 5.74) is 6.47. The zero-order valence-corrected chi connectivity index (χ0v) is 11.1. The van der Waals surface area contributed by atoms with Crippen molar-refractivity contribution in [3.8, 4) is 0 Å². The van der Waals surface area contributed by atoms with Crippen molar-refractivity contribution in [2.45, 2.75) is 11.3 Å². The highest BCUT2D eigenvalue weighted by Crippen LogP contribution is 2.24. The van der Waals surface area contributed by atoms with Gasteiger partial charge in [0.2, 0.25) is 0 Å². The van der Waals surface area contributed by atoms with Crippen LogP contribution in [0.25, 0.3) is 0 Å². The van der Waals surface area contributed by atoms with E-state index in [1.807, 2.05) is 0 Å². The second-order valence-corrected chi connectivity index (χ2v) is 6.67. The molecular formula is C12H17N3O2S. The van der Waals surface area contributed by atoms with Crippen LogP contribution in [-0.4, -0.2) is 33.6 Å². The summed E-state index contributed by atoms with van der Waals surface area (Å²) in [6, 6.07) is 6.84. The molecule has 18 heavy (non-hydrogen) atoms. The zero-order valence-electron chi connectivity index (χ0n) is 10.3. The minimum absolute atomic E-state index is 0.111.